The van der Waals surface area contributed by atoms with Gasteiger partial charge in [0.25, 0.3) is 0 Å². The van der Waals surface area contributed by atoms with Crippen LogP contribution in [0.15, 0.2) is 5.10 Å². The summed E-state index contributed by atoms with van der Waals surface area (Å²) in [5, 5.41) is 39.9. The predicted octanol–water partition coefficient (Wildman–Crippen LogP) is -1.32. The van der Waals surface area contributed by atoms with Crippen molar-refractivity contribution < 1.29 is 34.8 Å². The van der Waals surface area contributed by atoms with Crippen LogP contribution >= 0.6 is 0 Å². The van der Waals surface area contributed by atoms with Crippen molar-refractivity contribution in [2.24, 2.45) is 5.10 Å². The lowest BCUT2D eigenvalue weighted by Crippen LogP contribution is -2.40. The summed E-state index contributed by atoms with van der Waals surface area (Å²) in [5.74, 6) is -0.595. The Labute approximate surface area is 135 Å². The van der Waals surface area contributed by atoms with Crippen LogP contribution in [0.5, 0.6) is 0 Å². The molecule has 0 aliphatic rings. The van der Waals surface area contributed by atoms with E-state index in [2.05, 4.69) is 15.3 Å². The molecule has 0 unspecified atom stereocenters. The first-order valence-electron chi connectivity index (χ1n) is 7.46. The molecule has 134 valence electrons. The highest BCUT2D eigenvalue weighted by Crippen LogP contribution is 2.06. The molecule has 0 aliphatic carbocycles. The molecule has 0 radical (unpaired) electrons. The van der Waals surface area contributed by atoms with Gasteiger partial charge in [-0.15, -0.1) is 0 Å². The van der Waals surface area contributed by atoms with E-state index in [0.717, 1.165) is 19.1 Å². The zero-order valence-electron chi connectivity index (χ0n) is 13.2. The number of aliphatic hydroxyl groups excluding tert-OH is 4. The molecule has 0 aliphatic heterocycles. The number of carbonyl (C=O) groups is 2. The third-order valence-corrected chi connectivity index (χ3v) is 3.11. The Hall–Kier alpha value is -1.55. The van der Waals surface area contributed by atoms with Crippen molar-refractivity contribution in [3.8, 4) is 0 Å². The van der Waals surface area contributed by atoms with Gasteiger partial charge in [0.2, 0.25) is 5.91 Å². The Kier molecular flexibility index (Phi) is 12.1. The number of esters is 1. The number of ether oxygens (including phenoxy) is 1. The number of unbranched alkanes of at least 4 members (excludes halogenated alkanes) is 3. The number of carbonyl (C=O) groups excluding carboxylic acids is 2. The lowest BCUT2D eigenvalue weighted by atomic mass is 10.1. The van der Waals surface area contributed by atoms with Crippen LogP contribution in [-0.4, -0.2) is 70.5 Å². The van der Waals surface area contributed by atoms with E-state index in [4.69, 9.17) is 10.2 Å². The number of hydrazone groups is 1. The van der Waals surface area contributed by atoms with E-state index in [0.29, 0.717) is 19.3 Å². The second-order valence-electron chi connectivity index (χ2n) is 5.03. The van der Waals surface area contributed by atoms with Gasteiger partial charge in [-0.1, -0.05) is 12.8 Å². The van der Waals surface area contributed by atoms with Crippen LogP contribution in [0, 0.1) is 0 Å². The van der Waals surface area contributed by atoms with Crippen LogP contribution in [0.3, 0.4) is 0 Å². The summed E-state index contributed by atoms with van der Waals surface area (Å²) in [6.45, 7) is -0.700. The number of aliphatic hydroxyl groups is 4. The Bertz CT molecular complexity index is 376. The number of hydrogen-bond donors (Lipinski definition) is 5. The number of methoxy groups -OCH3 is 1. The average molecular weight is 334 g/mol. The molecule has 9 nitrogen and oxygen atoms in total. The van der Waals surface area contributed by atoms with Crippen LogP contribution in [-0.2, 0) is 14.3 Å². The number of nitrogens with zero attached hydrogens (tertiary/aromatic N) is 1. The summed E-state index contributed by atoms with van der Waals surface area (Å²) >= 11 is 0. The van der Waals surface area contributed by atoms with Gasteiger partial charge < -0.3 is 25.2 Å². The van der Waals surface area contributed by atoms with Crippen molar-refractivity contribution in [1.29, 1.82) is 0 Å². The van der Waals surface area contributed by atoms with E-state index in [9.17, 15) is 19.8 Å². The quantitative estimate of drug-likeness (QED) is 0.129. The lowest BCUT2D eigenvalue weighted by Gasteiger charge is -2.17. The second kappa shape index (κ2) is 12.9. The van der Waals surface area contributed by atoms with Crippen molar-refractivity contribution in [3.63, 3.8) is 0 Å². The number of nitrogens with one attached hydrogen (secondary N) is 1. The smallest absolute Gasteiger partial charge is 0.305 e. The summed E-state index contributed by atoms with van der Waals surface area (Å²) in [5.41, 5.74) is 2.18. The van der Waals surface area contributed by atoms with E-state index in [1.54, 1.807) is 0 Å². The number of rotatable bonds is 12. The van der Waals surface area contributed by atoms with Gasteiger partial charge in [0.15, 0.2) is 0 Å². The molecule has 0 spiro atoms. The SMILES string of the molecule is COC(=O)CCCCCCC(=O)N/N=C/[C@@H](O)[C@H](O)[C@H](O)CO. The third-order valence-electron chi connectivity index (χ3n) is 3.11. The normalized spacial score (nSPS) is 15.2. The highest BCUT2D eigenvalue weighted by molar-refractivity contribution is 5.77. The fourth-order valence-electron chi connectivity index (χ4n) is 1.68. The van der Waals surface area contributed by atoms with Gasteiger partial charge in [-0.25, -0.2) is 5.43 Å². The topological polar surface area (TPSA) is 149 Å². The predicted molar refractivity (Wildman–Crippen MR) is 81.5 cm³/mol. The van der Waals surface area contributed by atoms with Crippen molar-refractivity contribution in [3.05, 3.63) is 0 Å². The fraction of sp³-hybridized carbons (Fsp3) is 0.786. The van der Waals surface area contributed by atoms with Crippen molar-refractivity contribution >= 4 is 18.1 Å². The molecular formula is C14H26N2O7. The van der Waals surface area contributed by atoms with Crippen LogP contribution in [0.25, 0.3) is 0 Å². The molecule has 5 N–H and O–H groups in total. The maximum atomic E-state index is 11.4. The van der Waals surface area contributed by atoms with E-state index in [-0.39, 0.29) is 18.3 Å². The average Bonchev–Trinajstić information content (AvgIpc) is 2.55. The van der Waals surface area contributed by atoms with Crippen LogP contribution in [0.4, 0.5) is 0 Å². The Morgan fingerprint density at radius 3 is 2.30 bits per heavy atom. The molecule has 1 amide bonds. The largest absolute Gasteiger partial charge is 0.469 e. The zero-order chi connectivity index (χ0) is 17.7. The van der Waals surface area contributed by atoms with Crippen LogP contribution in [0.2, 0.25) is 0 Å². The standard InChI is InChI=1S/C14H26N2O7/c1-23-13(21)7-5-3-2-4-6-12(20)16-15-8-10(18)14(22)11(19)9-17/h8,10-11,14,17-19,22H,2-7,9H2,1H3,(H,16,20)/b15-8+/t10-,11-,14+/m1/s1. The molecule has 0 rings (SSSR count). The van der Waals surface area contributed by atoms with E-state index in [1.807, 2.05) is 0 Å². The molecule has 9 heteroatoms. The highest BCUT2D eigenvalue weighted by Gasteiger charge is 2.22. The van der Waals surface area contributed by atoms with E-state index in [1.165, 1.54) is 7.11 Å². The van der Waals surface area contributed by atoms with Gasteiger partial charge in [-0.05, 0) is 12.8 Å². The molecule has 0 bridgehead atoms. The lowest BCUT2D eigenvalue weighted by molar-refractivity contribution is -0.140. The van der Waals surface area contributed by atoms with Gasteiger partial charge >= 0.3 is 5.97 Å². The van der Waals surface area contributed by atoms with Gasteiger partial charge in [-0.2, -0.15) is 5.10 Å². The van der Waals surface area contributed by atoms with Gasteiger partial charge in [-0.3, -0.25) is 9.59 Å². The summed E-state index contributed by atoms with van der Waals surface area (Å²) in [6, 6.07) is 0. The minimum atomic E-state index is -1.59. The first kappa shape index (κ1) is 21.4. The summed E-state index contributed by atoms with van der Waals surface area (Å²) in [6.07, 6.45) is -0.143. The molecular weight excluding hydrogens is 308 g/mol. The molecule has 0 heterocycles. The summed E-state index contributed by atoms with van der Waals surface area (Å²) < 4.78 is 4.51. The minimum absolute atomic E-state index is 0.244. The Morgan fingerprint density at radius 1 is 1.13 bits per heavy atom. The third kappa shape index (κ3) is 10.7. The molecule has 0 fully saturated rings. The number of amides is 1. The van der Waals surface area contributed by atoms with Gasteiger partial charge in [0, 0.05) is 12.8 Å². The molecule has 0 saturated carbocycles. The summed E-state index contributed by atoms with van der Waals surface area (Å²) in [7, 11) is 1.34. The molecule has 0 saturated heterocycles. The van der Waals surface area contributed by atoms with Crippen LogP contribution in [0.1, 0.15) is 38.5 Å². The molecule has 0 aromatic rings. The monoisotopic (exact) mass is 334 g/mol. The molecule has 3 atom stereocenters. The first-order valence-corrected chi connectivity index (χ1v) is 7.46. The second-order valence-corrected chi connectivity index (χ2v) is 5.03. The maximum absolute atomic E-state index is 11.4. The van der Waals surface area contributed by atoms with E-state index < -0.39 is 24.9 Å². The van der Waals surface area contributed by atoms with Gasteiger partial charge in [0.1, 0.15) is 18.3 Å². The summed E-state index contributed by atoms with van der Waals surface area (Å²) in [4.78, 5) is 22.3. The van der Waals surface area contributed by atoms with Crippen molar-refractivity contribution in [2.45, 2.75) is 56.8 Å². The molecule has 0 aromatic carbocycles. The van der Waals surface area contributed by atoms with Crippen molar-refractivity contribution in [2.75, 3.05) is 13.7 Å². The highest BCUT2D eigenvalue weighted by atomic mass is 16.5. The Morgan fingerprint density at radius 2 is 1.74 bits per heavy atom. The fourth-order valence-corrected chi connectivity index (χ4v) is 1.68. The van der Waals surface area contributed by atoms with E-state index >= 15 is 0 Å². The Balaban J connectivity index is 3.74. The van der Waals surface area contributed by atoms with Gasteiger partial charge in [0.05, 0.1) is 19.9 Å². The number of hydrogen-bond acceptors (Lipinski definition) is 8. The zero-order valence-corrected chi connectivity index (χ0v) is 13.2. The first-order chi connectivity index (χ1) is 10.9. The molecule has 23 heavy (non-hydrogen) atoms. The maximum Gasteiger partial charge on any atom is 0.305 e. The molecule has 0 aromatic heterocycles. The van der Waals surface area contributed by atoms with Crippen molar-refractivity contribution in [1.82, 2.24) is 5.43 Å². The minimum Gasteiger partial charge on any atom is -0.469 e. The van der Waals surface area contributed by atoms with Crippen LogP contribution < -0.4 is 5.43 Å².